The summed E-state index contributed by atoms with van der Waals surface area (Å²) in [7, 11) is -4.04. The van der Waals surface area contributed by atoms with E-state index in [9.17, 15) is 18.3 Å². The Balaban J connectivity index is 1.66. The summed E-state index contributed by atoms with van der Waals surface area (Å²) in [6.07, 6.45) is 0. The van der Waals surface area contributed by atoms with Crippen LogP contribution in [0.5, 0.6) is 0 Å². The molecule has 3 atom stereocenters. The predicted molar refractivity (Wildman–Crippen MR) is 122 cm³/mol. The Kier molecular flexibility index (Phi) is 5.57. The van der Waals surface area contributed by atoms with Crippen molar-refractivity contribution in [3.63, 3.8) is 0 Å². The highest BCUT2D eigenvalue weighted by Gasteiger charge is 2.70. The van der Waals surface area contributed by atoms with Crippen LogP contribution >= 0.6 is 38.9 Å². The third-order valence-electron chi connectivity index (χ3n) is 5.47. The van der Waals surface area contributed by atoms with Crippen LogP contribution in [0.3, 0.4) is 0 Å². The summed E-state index contributed by atoms with van der Waals surface area (Å²) in [5.41, 5.74) is 0.0143. The van der Waals surface area contributed by atoms with Gasteiger partial charge in [0.2, 0.25) is 0 Å². The van der Waals surface area contributed by atoms with Crippen LogP contribution in [0.15, 0.2) is 69.3 Å². The molecular formula is C21H17BrClNO4S2. The van der Waals surface area contributed by atoms with Crippen molar-refractivity contribution in [1.29, 1.82) is 0 Å². The number of carboxylic acids is 1. The van der Waals surface area contributed by atoms with E-state index in [2.05, 4.69) is 20.7 Å². The summed E-state index contributed by atoms with van der Waals surface area (Å²) >= 11 is 10.4. The number of aliphatic carboxylic acids is 1. The molecule has 0 spiro atoms. The Bertz CT molecular complexity index is 1230. The van der Waals surface area contributed by atoms with Gasteiger partial charge in [-0.25, -0.2) is 8.42 Å². The van der Waals surface area contributed by atoms with Gasteiger partial charge in [0.05, 0.1) is 0 Å². The smallest absolute Gasteiger partial charge is 0.325 e. The van der Waals surface area contributed by atoms with Crippen molar-refractivity contribution < 1.29 is 18.3 Å². The Labute approximate surface area is 191 Å². The van der Waals surface area contributed by atoms with E-state index in [0.29, 0.717) is 5.02 Å². The number of hydrogen-bond donors (Lipinski definition) is 2. The SMILES string of the molecule is C[C@@H]1[C@@H](c2ccccc2Br)[C@@]1(NS(=O)(=O)c1ccc(-c2ccc(Cl)cc2)s1)C(=O)O. The number of rotatable bonds is 6. The third kappa shape index (κ3) is 3.61. The van der Waals surface area contributed by atoms with Crippen molar-refractivity contribution in [2.24, 2.45) is 5.92 Å². The number of carboxylic acid groups (broad SMARTS) is 1. The number of benzene rings is 2. The van der Waals surface area contributed by atoms with E-state index < -0.39 is 33.4 Å². The summed E-state index contributed by atoms with van der Waals surface area (Å²) in [4.78, 5) is 13.0. The van der Waals surface area contributed by atoms with Crippen molar-refractivity contribution in [3.05, 3.63) is 75.7 Å². The first-order valence-electron chi connectivity index (χ1n) is 9.04. The second-order valence-corrected chi connectivity index (χ2v) is 11.5. The van der Waals surface area contributed by atoms with E-state index >= 15 is 0 Å². The molecule has 0 amide bonds. The van der Waals surface area contributed by atoms with Crippen molar-refractivity contribution >= 4 is 54.9 Å². The molecule has 2 N–H and O–H groups in total. The monoisotopic (exact) mass is 525 g/mol. The highest BCUT2D eigenvalue weighted by Crippen LogP contribution is 2.59. The molecule has 1 saturated carbocycles. The zero-order valence-electron chi connectivity index (χ0n) is 15.7. The molecule has 4 rings (SSSR count). The first kappa shape index (κ1) is 21.5. The zero-order valence-corrected chi connectivity index (χ0v) is 19.6. The van der Waals surface area contributed by atoms with Gasteiger partial charge in [-0.3, -0.25) is 4.79 Å². The number of halogens is 2. The minimum absolute atomic E-state index is 0.0676. The fourth-order valence-corrected chi connectivity index (χ4v) is 7.26. The molecule has 0 radical (unpaired) electrons. The molecule has 5 nitrogen and oxygen atoms in total. The number of thiophene rings is 1. The summed E-state index contributed by atoms with van der Waals surface area (Å²) < 4.78 is 29.5. The summed E-state index contributed by atoms with van der Waals surface area (Å²) in [6.45, 7) is 1.74. The fraction of sp³-hybridized carbons (Fsp3) is 0.190. The van der Waals surface area contributed by atoms with Gasteiger partial charge in [0, 0.05) is 20.3 Å². The van der Waals surface area contributed by atoms with Crippen LogP contribution in [0.2, 0.25) is 5.02 Å². The van der Waals surface area contributed by atoms with Gasteiger partial charge in [-0.2, -0.15) is 4.72 Å². The van der Waals surface area contributed by atoms with E-state index in [1.165, 1.54) is 6.07 Å². The summed E-state index contributed by atoms with van der Waals surface area (Å²) in [6, 6.07) is 17.6. The quantitative estimate of drug-likeness (QED) is 0.452. The minimum Gasteiger partial charge on any atom is -0.480 e. The largest absolute Gasteiger partial charge is 0.480 e. The molecule has 1 aromatic heterocycles. The van der Waals surface area contributed by atoms with Crippen LogP contribution < -0.4 is 4.72 Å². The fourth-order valence-electron chi connectivity index (χ4n) is 3.84. The maximum absolute atomic E-state index is 13.1. The second kappa shape index (κ2) is 7.76. The maximum atomic E-state index is 13.1. The molecule has 0 unspecified atom stereocenters. The van der Waals surface area contributed by atoms with Crippen molar-refractivity contribution in [1.82, 2.24) is 4.72 Å². The highest BCUT2D eigenvalue weighted by molar-refractivity contribution is 9.10. The highest BCUT2D eigenvalue weighted by atomic mass is 79.9. The Morgan fingerprint density at radius 3 is 2.43 bits per heavy atom. The van der Waals surface area contributed by atoms with Crippen LogP contribution in [0, 0.1) is 5.92 Å². The molecule has 0 saturated heterocycles. The first-order chi connectivity index (χ1) is 14.2. The number of hydrogen-bond acceptors (Lipinski definition) is 4. The average Bonchev–Trinajstić information content (AvgIpc) is 3.06. The van der Waals surface area contributed by atoms with Gasteiger partial charge < -0.3 is 5.11 Å². The van der Waals surface area contributed by atoms with Gasteiger partial charge in [0.1, 0.15) is 9.75 Å². The van der Waals surface area contributed by atoms with E-state index in [4.69, 9.17) is 11.6 Å². The normalized spacial score (nSPS) is 23.3. The van der Waals surface area contributed by atoms with Crippen LogP contribution in [0.25, 0.3) is 10.4 Å². The Morgan fingerprint density at radius 2 is 1.80 bits per heavy atom. The van der Waals surface area contributed by atoms with Crippen LogP contribution in [0.4, 0.5) is 0 Å². The molecule has 0 bridgehead atoms. The number of sulfonamides is 1. The minimum atomic E-state index is -4.04. The van der Waals surface area contributed by atoms with Crippen molar-refractivity contribution in [2.45, 2.75) is 22.6 Å². The molecule has 1 fully saturated rings. The lowest BCUT2D eigenvalue weighted by Gasteiger charge is -2.15. The van der Waals surface area contributed by atoms with Gasteiger partial charge in [-0.1, -0.05) is 64.8 Å². The summed E-state index contributed by atoms with van der Waals surface area (Å²) in [5, 5.41) is 10.6. The van der Waals surface area contributed by atoms with E-state index in [-0.39, 0.29) is 4.21 Å². The number of nitrogens with one attached hydrogen (secondary N) is 1. The van der Waals surface area contributed by atoms with Gasteiger partial charge in [-0.05, 0) is 47.4 Å². The van der Waals surface area contributed by atoms with Gasteiger partial charge in [0.25, 0.3) is 10.0 Å². The molecule has 1 aliphatic carbocycles. The molecule has 9 heteroatoms. The third-order valence-corrected chi connectivity index (χ3v) is 9.56. The lowest BCUT2D eigenvalue weighted by Crippen LogP contribution is -2.45. The molecular weight excluding hydrogens is 510 g/mol. The van der Waals surface area contributed by atoms with Gasteiger partial charge in [-0.15, -0.1) is 11.3 Å². The average molecular weight is 527 g/mol. The van der Waals surface area contributed by atoms with Crippen LogP contribution in [-0.4, -0.2) is 25.0 Å². The first-order valence-corrected chi connectivity index (χ1v) is 12.5. The van der Waals surface area contributed by atoms with E-state index in [1.807, 2.05) is 36.4 Å². The van der Waals surface area contributed by atoms with Crippen molar-refractivity contribution in [2.75, 3.05) is 0 Å². The van der Waals surface area contributed by atoms with Gasteiger partial charge in [0.15, 0.2) is 0 Å². The van der Waals surface area contributed by atoms with E-state index in [0.717, 1.165) is 31.8 Å². The Hall–Kier alpha value is -1.71. The maximum Gasteiger partial charge on any atom is 0.325 e. The standard InChI is InChI=1S/C21H17BrClNO4S2/c1-12-19(15-4-2-3-5-16(15)22)21(12,20(25)26)24-30(27,28)18-11-10-17(29-18)13-6-8-14(23)9-7-13/h2-12,19,24H,1H3,(H,25,26)/t12-,19+,21-/m1/s1. The molecule has 30 heavy (non-hydrogen) atoms. The summed E-state index contributed by atoms with van der Waals surface area (Å²) in [5.74, 6) is -2.07. The molecule has 1 aliphatic rings. The van der Waals surface area contributed by atoms with Crippen molar-refractivity contribution in [3.8, 4) is 10.4 Å². The molecule has 3 aromatic rings. The second-order valence-electron chi connectivity index (χ2n) is 7.19. The lowest BCUT2D eigenvalue weighted by molar-refractivity contribution is -0.140. The predicted octanol–water partition coefficient (Wildman–Crippen LogP) is 5.37. The Morgan fingerprint density at radius 1 is 1.13 bits per heavy atom. The van der Waals surface area contributed by atoms with Crippen LogP contribution in [0.1, 0.15) is 18.4 Å². The zero-order chi connectivity index (χ0) is 21.7. The molecule has 0 aliphatic heterocycles. The lowest BCUT2D eigenvalue weighted by atomic mass is 10.1. The van der Waals surface area contributed by atoms with E-state index in [1.54, 1.807) is 25.1 Å². The topological polar surface area (TPSA) is 83.5 Å². The van der Waals surface area contributed by atoms with Crippen LogP contribution in [-0.2, 0) is 14.8 Å². The number of carbonyl (C=O) groups is 1. The molecule has 2 aromatic carbocycles. The molecule has 156 valence electrons. The van der Waals surface area contributed by atoms with Gasteiger partial charge >= 0.3 is 5.97 Å². The molecule has 1 heterocycles.